The maximum atomic E-state index is 13.5. The molecule has 1 saturated heterocycles. The van der Waals surface area contributed by atoms with E-state index in [1.54, 1.807) is 6.07 Å². The molecule has 2 atom stereocenters. The van der Waals surface area contributed by atoms with Crippen molar-refractivity contribution < 1.29 is 18.0 Å². The van der Waals surface area contributed by atoms with E-state index in [9.17, 15) is 18.0 Å². The molecule has 1 amide bonds. The summed E-state index contributed by atoms with van der Waals surface area (Å²) in [5.41, 5.74) is 7.01. The van der Waals surface area contributed by atoms with Gasteiger partial charge in [0.2, 0.25) is 5.91 Å². The topological polar surface area (TPSA) is 71.2 Å². The van der Waals surface area contributed by atoms with E-state index in [1.165, 1.54) is 6.07 Å². The minimum absolute atomic E-state index is 0.0765. The molecule has 5 nitrogen and oxygen atoms in total. The summed E-state index contributed by atoms with van der Waals surface area (Å²) in [6.45, 7) is 6.99. The lowest BCUT2D eigenvalue weighted by Crippen LogP contribution is -2.44. The number of benzene rings is 2. The van der Waals surface area contributed by atoms with Crippen molar-refractivity contribution in [1.82, 2.24) is 9.88 Å². The number of alkyl halides is 3. The van der Waals surface area contributed by atoms with E-state index in [-0.39, 0.29) is 23.5 Å². The van der Waals surface area contributed by atoms with Crippen LogP contribution >= 0.6 is 0 Å². The lowest BCUT2D eigenvalue weighted by molar-refractivity contribution is -0.137. The molecular weight excluding hydrogens is 441 g/mol. The molecule has 1 aliphatic rings. The van der Waals surface area contributed by atoms with Gasteiger partial charge in [-0.15, -0.1) is 0 Å². The third kappa shape index (κ3) is 4.87. The molecule has 0 aliphatic carbocycles. The van der Waals surface area contributed by atoms with Crippen LogP contribution in [-0.2, 0) is 11.0 Å². The Morgan fingerprint density at radius 2 is 1.88 bits per heavy atom. The SMILES string of the molecule is CC(C)CN1C(C)CC[C@H]1C(=O)Nc1cc(C(F)(F)F)ccc1-c1cc2ccccc2nc1N. The zero-order valence-electron chi connectivity index (χ0n) is 19.5. The number of aromatic nitrogens is 1. The van der Waals surface area contributed by atoms with Gasteiger partial charge in [0.05, 0.1) is 17.1 Å². The number of anilines is 2. The average Bonchev–Trinajstić information content (AvgIpc) is 3.12. The number of carbonyl (C=O) groups excluding carboxylic acids is 1. The van der Waals surface area contributed by atoms with Crippen LogP contribution in [0.4, 0.5) is 24.7 Å². The van der Waals surface area contributed by atoms with Gasteiger partial charge >= 0.3 is 6.18 Å². The number of nitrogens with zero attached hydrogens (tertiary/aromatic N) is 2. The Labute approximate surface area is 197 Å². The summed E-state index contributed by atoms with van der Waals surface area (Å²) in [6.07, 6.45) is -3.02. The third-order valence-corrected chi connectivity index (χ3v) is 6.35. The standard InChI is InChI=1S/C26H29F3N4O/c1-15(2)14-33-16(3)8-11-23(33)25(34)32-22-13-18(26(27,28)29)9-10-19(22)20-12-17-6-4-5-7-21(17)31-24(20)30/h4-7,9-10,12-13,15-16,23H,8,11,14H2,1-3H3,(H2,30,31)(H,32,34)/t16?,23-/m0/s1. The number of hydrogen-bond donors (Lipinski definition) is 2. The Morgan fingerprint density at radius 3 is 2.59 bits per heavy atom. The van der Waals surface area contributed by atoms with Gasteiger partial charge in [-0.05, 0) is 49.9 Å². The van der Waals surface area contributed by atoms with Crippen molar-refractivity contribution in [3.8, 4) is 11.1 Å². The van der Waals surface area contributed by atoms with E-state index in [1.807, 2.05) is 24.3 Å². The molecule has 2 aromatic carbocycles. The number of pyridine rings is 1. The Balaban J connectivity index is 1.75. The number of likely N-dealkylation sites (tertiary alicyclic amines) is 1. The number of nitrogens with one attached hydrogen (secondary N) is 1. The monoisotopic (exact) mass is 470 g/mol. The molecule has 0 saturated carbocycles. The Morgan fingerprint density at radius 1 is 1.15 bits per heavy atom. The molecule has 180 valence electrons. The largest absolute Gasteiger partial charge is 0.416 e. The first-order valence-corrected chi connectivity index (χ1v) is 11.5. The maximum absolute atomic E-state index is 13.5. The Hall–Kier alpha value is -3.13. The van der Waals surface area contributed by atoms with Gasteiger partial charge in [0.1, 0.15) is 5.82 Å². The van der Waals surface area contributed by atoms with Crippen molar-refractivity contribution in [2.75, 3.05) is 17.6 Å². The van der Waals surface area contributed by atoms with Crippen molar-refractivity contribution in [3.05, 3.63) is 54.1 Å². The van der Waals surface area contributed by atoms with Crippen LogP contribution in [0.15, 0.2) is 48.5 Å². The number of fused-ring (bicyclic) bond motifs is 1. The summed E-state index contributed by atoms with van der Waals surface area (Å²) in [5.74, 6) is 0.242. The van der Waals surface area contributed by atoms with E-state index in [4.69, 9.17) is 5.73 Å². The van der Waals surface area contributed by atoms with Gasteiger partial charge in [-0.2, -0.15) is 13.2 Å². The van der Waals surface area contributed by atoms with Crippen LogP contribution in [0, 0.1) is 5.92 Å². The fourth-order valence-corrected chi connectivity index (χ4v) is 4.67. The summed E-state index contributed by atoms with van der Waals surface area (Å²) >= 11 is 0. The zero-order chi connectivity index (χ0) is 24.6. The molecule has 1 fully saturated rings. The lowest BCUT2D eigenvalue weighted by Gasteiger charge is -2.29. The number of rotatable bonds is 5. The van der Waals surface area contributed by atoms with Gasteiger partial charge in [-0.25, -0.2) is 4.98 Å². The van der Waals surface area contributed by atoms with E-state index in [2.05, 4.69) is 36.0 Å². The molecule has 8 heteroatoms. The number of hydrogen-bond acceptors (Lipinski definition) is 4. The molecule has 3 aromatic rings. The first-order valence-electron chi connectivity index (χ1n) is 11.5. The fourth-order valence-electron chi connectivity index (χ4n) is 4.67. The first-order chi connectivity index (χ1) is 16.0. The predicted octanol–water partition coefficient (Wildman–Crippen LogP) is 5.95. The van der Waals surface area contributed by atoms with Gasteiger partial charge < -0.3 is 11.1 Å². The van der Waals surface area contributed by atoms with Crippen LogP contribution < -0.4 is 11.1 Å². The van der Waals surface area contributed by atoms with E-state index in [0.717, 1.165) is 30.5 Å². The average molecular weight is 471 g/mol. The lowest BCUT2D eigenvalue weighted by atomic mass is 9.99. The molecule has 0 radical (unpaired) electrons. The summed E-state index contributed by atoms with van der Waals surface area (Å²) in [5, 5.41) is 3.60. The predicted molar refractivity (Wildman–Crippen MR) is 129 cm³/mol. The highest BCUT2D eigenvalue weighted by Crippen LogP contribution is 2.39. The highest BCUT2D eigenvalue weighted by Gasteiger charge is 2.36. The van der Waals surface area contributed by atoms with Crippen molar-refractivity contribution >= 4 is 28.3 Å². The van der Waals surface area contributed by atoms with E-state index < -0.39 is 17.8 Å². The molecule has 1 unspecified atom stereocenters. The van der Waals surface area contributed by atoms with Crippen LogP contribution in [0.2, 0.25) is 0 Å². The number of amides is 1. The van der Waals surface area contributed by atoms with Gasteiger partial charge in [0.15, 0.2) is 0 Å². The zero-order valence-corrected chi connectivity index (χ0v) is 19.5. The van der Waals surface area contributed by atoms with Gasteiger partial charge in [-0.1, -0.05) is 38.1 Å². The maximum Gasteiger partial charge on any atom is 0.416 e. The minimum Gasteiger partial charge on any atom is -0.383 e. The van der Waals surface area contributed by atoms with Crippen molar-refractivity contribution in [1.29, 1.82) is 0 Å². The van der Waals surface area contributed by atoms with Gasteiger partial charge in [0.25, 0.3) is 0 Å². The Bertz CT molecular complexity index is 1210. The first kappa shape index (κ1) is 24.0. The van der Waals surface area contributed by atoms with Crippen LogP contribution in [0.1, 0.15) is 39.2 Å². The second kappa shape index (κ2) is 9.25. The van der Waals surface area contributed by atoms with Crippen LogP contribution in [0.3, 0.4) is 0 Å². The summed E-state index contributed by atoms with van der Waals surface area (Å²) < 4.78 is 40.6. The van der Waals surface area contributed by atoms with Crippen molar-refractivity contribution in [2.24, 2.45) is 5.92 Å². The molecule has 3 N–H and O–H groups in total. The Kier molecular flexibility index (Phi) is 6.53. The summed E-state index contributed by atoms with van der Waals surface area (Å²) in [4.78, 5) is 19.9. The van der Waals surface area contributed by atoms with Crippen molar-refractivity contribution in [2.45, 2.75) is 51.9 Å². The summed E-state index contributed by atoms with van der Waals surface area (Å²) in [6, 6.07) is 12.3. The molecule has 34 heavy (non-hydrogen) atoms. The second-order valence-electron chi connectivity index (χ2n) is 9.39. The van der Waals surface area contributed by atoms with E-state index in [0.29, 0.717) is 29.0 Å². The fraction of sp³-hybridized carbons (Fsp3) is 0.385. The smallest absolute Gasteiger partial charge is 0.383 e. The molecule has 1 aliphatic heterocycles. The molecule has 0 bridgehead atoms. The highest BCUT2D eigenvalue weighted by molar-refractivity contribution is 6.01. The molecule has 1 aromatic heterocycles. The van der Waals surface area contributed by atoms with Gasteiger partial charge in [-0.3, -0.25) is 9.69 Å². The number of carbonyl (C=O) groups is 1. The number of halogens is 3. The van der Waals surface area contributed by atoms with E-state index >= 15 is 0 Å². The highest BCUT2D eigenvalue weighted by atomic mass is 19.4. The molecule has 4 rings (SSSR count). The van der Waals surface area contributed by atoms with Crippen LogP contribution in [0.25, 0.3) is 22.0 Å². The van der Waals surface area contributed by atoms with Crippen LogP contribution in [-0.4, -0.2) is 34.4 Å². The quantitative estimate of drug-likeness (QED) is 0.483. The summed E-state index contributed by atoms with van der Waals surface area (Å²) in [7, 11) is 0. The third-order valence-electron chi connectivity index (χ3n) is 6.35. The molecule has 0 spiro atoms. The second-order valence-corrected chi connectivity index (χ2v) is 9.39. The number of para-hydroxylation sites is 1. The normalized spacial score (nSPS) is 19.1. The van der Waals surface area contributed by atoms with Crippen LogP contribution in [0.5, 0.6) is 0 Å². The van der Waals surface area contributed by atoms with Crippen molar-refractivity contribution in [3.63, 3.8) is 0 Å². The molecule has 2 heterocycles. The number of nitrogen functional groups attached to an aromatic ring is 1. The van der Waals surface area contributed by atoms with Gasteiger partial charge in [0, 0.05) is 34.8 Å². The minimum atomic E-state index is -4.54. The number of nitrogens with two attached hydrogens (primary N) is 1. The molecular formula is C26H29F3N4O.